The summed E-state index contributed by atoms with van der Waals surface area (Å²) >= 11 is 0. The molecule has 2 atom stereocenters. The molecule has 0 fully saturated rings. The third kappa shape index (κ3) is 3.54. The molecule has 0 radical (unpaired) electrons. The largest absolute Gasteiger partial charge is 0.370 e. The van der Waals surface area contributed by atoms with Crippen molar-refractivity contribution in [2.24, 2.45) is 11.3 Å². The summed E-state index contributed by atoms with van der Waals surface area (Å²) in [5.41, 5.74) is 3.33. The van der Waals surface area contributed by atoms with Gasteiger partial charge in [-0.25, -0.2) is 0 Å². The molecule has 0 amide bonds. The maximum absolute atomic E-state index is 3.54. The second-order valence-corrected chi connectivity index (χ2v) is 6.76. The van der Waals surface area contributed by atoms with Crippen molar-refractivity contribution in [2.75, 3.05) is 31.1 Å². The zero-order valence-corrected chi connectivity index (χ0v) is 13.6. The summed E-state index contributed by atoms with van der Waals surface area (Å²) < 4.78 is 0. The number of benzene rings is 1. The van der Waals surface area contributed by atoms with E-state index in [-0.39, 0.29) is 0 Å². The van der Waals surface area contributed by atoms with Crippen LogP contribution in [0.15, 0.2) is 24.3 Å². The number of nitrogens with zero attached hydrogens (tertiary/aromatic N) is 1. The van der Waals surface area contributed by atoms with Gasteiger partial charge in [0.15, 0.2) is 0 Å². The molecule has 112 valence electrons. The Morgan fingerprint density at radius 1 is 1.30 bits per heavy atom. The van der Waals surface area contributed by atoms with Gasteiger partial charge in [-0.1, -0.05) is 45.9 Å². The smallest absolute Gasteiger partial charge is 0.0399 e. The zero-order valence-electron chi connectivity index (χ0n) is 13.6. The second kappa shape index (κ2) is 6.62. The van der Waals surface area contributed by atoms with Gasteiger partial charge in [-0.3, -0.25) is 0 Å². The third-order valence-corrected chi connectivity index (χ3v) is 4.66. The highest BCUT2D eigenvalue weighted by molar-refractivity contribution is 5.55. The number of anilines is 1. The van der Waals surface area contributed by atoms with Gasteiger partial charge in [0.1, 0.15) is 0 Å². The molecule has 1 aromatic carbocycles. The molecule has 1 aliphatic rings. The molecule has 0 spiro atoms. The van der Waals surface area contributed by atoms with E-state index in [1.807, 2.05) is 0 Å². The van der Waals surface area contributed by atoms with Gasteiger partial charge in [0.25, 0.3) is 0 Å². The summed E-state index contributed by atoms with van der Waals surface area (Å²) in [4.78, 5) is 2.62. The van der Waals surface area contributed by atoms with Crippen LogP contribution < -0.4 is 10.2 Å². The van der Waals surface area contributed by atoms with Gasteiger partial charge < -0.3 is 10.2 Å². The van der Waals surface area contributed by atoms with Crippen molar-refractivity contribution in [3.63, 3.8) is 0 Å². The van der Waals surface area contributed by atoms with E-state index in [1.165, 1.54) is 30.6 Å². The lowest BCUT2D eigenvalue weighted by Crippen LogP contribution is -2.45. The van der Waals surface area contributed by atoms with Gasteiger partial charge in [0.2, 0.25) is 0 Å². The molecule has 1 heterocycles. The van der Waals surface area contributed by atoms with Crippen LogP contribution in [-0.4, -0.2) is 26.2 Å². The minimum Gasteiger partial charge on any atom is -0.370 e. The quantitative estimate of drug-likeness (QED) is 0.850. The summed E-state index contributed by atoms with van der Waals surface area (Å²) in [5.74, 6) is 0.755. The monoisotopic (exact) mass is 274 g/mol. The summed E-state index contributed by atoms with van der Waals surface area (Å²) in [6.07, 6.45) is 2.44. The molecule has 0 aliphatic carbocycles. The maximum Gasteiger partial charge on any atom is 0.0399 e. The molecule has 1 aliphatic heterocycles. The van der Waals surface area contributed by atoms with Gasteiger partial charge in [0.05, 0.1) is 0 Å². The van der Waals surface area contributed by atoms with Gasteiger partial charge in [-0.15, -0.1) is 0 Å². The first-order chi connectivity index (χ1) is 9.58. The molecule has 2 nitrogen and oxygen atoms in total. The summed E-state index contributed by atoms with van der Waals surface area (Å²) in [6, 6.07) is 8.94. The minimum absolute atomic E-state index is 0.347. The van der Waals surface area contributed by atoms with Crippen molar-refractivity contribution in [1.29, 1.82) is 0 Å². The predicted octanol–water partition coefficient (Wildman–Crippen LogP) is 3.71. The second-order valence-electron chi connectivity index (χ2n) is 6.76. The average molecular weight is 274 g/mol. The lowest BCUT2D eigenvalue weighted by molar-refractivity contribution is 0.291. The molecule has 1 N–H and O–H groups in total. The number of hydrogen-bond acceptors (Lipinski definition) is 2. The number of rotatable bonds is 6. The fraction of sp³-hybridized carbons (Fsp3) is 0.667. The Kier molecular flexibility index (Phi) is 5.09. The number of hydrogen-bond donors (Lipinski definition) is 1. The van der Waals surface area contributed by atoms with Crippen LogP contribution in [0.25, 0.3) is 0 Å². The molecular formula is C18H30N2. The number of nitrogens with one attached hydrogen (secondary N) is 1. The fourth-order valence-corrected chi connectivity index (χ4v) is 3.24. The van der Waals surface area contributed by atoms with Crippen molar-refractivity contribution in [1.82, 2.24) is 5.32 Å². The average Bonchev–Trinajstić information content (AvgIpc) is 2.45. The van der Waals surface area contributed by atoms with E-state index in [0.29, 0.717) is 5.41 Å². The van der Waals surface area contributed by atoms with E-state index in [1.54, 1.807) is 0 Å². The molecule has 2 heteroatoms. The van der Waals surface area contributed by atoms with Gasteiger partial charge in [-0.2, -0.15) is 0 Å². The van der Waals surface area contributed by atoms with E-state index in [9.17, 15) is 0 Å². The third-order valence-electron chi connectivity index (χ3n) is 4.66. The first-order valence-electron chi connectivity index (χ1n) is 8.11. The first kappa shape index (κ1) is 15.4. The highest BCUT2D eigenvalue weighted by Crippen LogP contribution is 2.33. The Balaban J connectivity index is 2.16. The molecule has 2 rings (SSSR count). The Morgan fingerprint density at radius 2 is 2.05 bits per heavy atom. The van der Waals surface area contributed by atoms with Crippen molar-refractivity contribution in [3.05, 3.63) is 29.8 Å². The Labute approximate surface area is 124 Å². The first-order valence-corrected chi connectivity index (χ1v) is 8.11. The topological polar surface area (TPSA) is 15.3 Å². The maximum atomic E-state index is 3.54. The van der Waals surface area contributed by atoms with Crippen molar-refractivity contribution in [2.45, 2.75) is 40.5 Å². The molecule has 0 saturated heterocycles. The lowest BCUT2D eigenvalue weighted by atomic mass is 9.84. The minimum atomic E-state index is 0.347. The summed E-state index contributed by atoms with van der Waals surface area (Å²) in [6.45, 7) is 13.8. The SMILES string of the molecule is CCNCC(C)(CC)CN1CC(C)Cc2ccccc21. The van der Waals surface area contributed by atoms with Crippen LogP contribution in [0.3, 0.4) is 0 Å². The van der Waals surface area contributed by atoms with E-state index in [2.05, 4.69) is 62.2 Å². The highest BCUT2D eigenvalue weighted by Gasteiger charge is 2.29. The Bertz CT molecular complexity index is 429. The molecule has 2 unspecified atom stereocenters. The predicted molar refractivity (Wildman–Crippen MR) is 88.5 cm³/mol. The van der Waals surface area contributed by atoms with Crippen molar-refractivity contribution < 1.29 is 0 Å². The molecular weight excluding hydrogens is 244 g/mol. The van der Waals surface area contributed by atoms with Crippen LogP contribution in [-0.2, 0) is 6.42 Å². The van der Waals surface area contributed by atoms with Gasteiger partial charge in [-0.05, 0) is 42.3 Å². The Morgan fingerprint density at radius 3 is 2.75 bits per heavy atom. The standard InChI is InChI=1S/C18H30N2/c1-5-18(4,13-19-6-2)14-20-12-15(3)11-16-9-7-8-10-17(16)20/h7-10,15,19H,5-6,11-14H2,1-4H3. The van der Waals surface area contributed by atoms with E-state index in [0.717, 1.165) is 25.6 Å². The van der Waals surface area contributed by atoms with Crippen molar-refractivity contribution >= 4 is 5.69 Å². The molecule has 20 heavy (non-hydrogen) atoms. The fourth-order valence-electron chi connectivity index (χ4n) is 3.24. The lowest BCUT2D eigenvalue weighted by Gasteiger charge is -2.41. The van der Waals surface area contributed by atoms with Gasteiger partial charge >= 0.3 is 0 Å². The molecule has 0 saturated carbocycles. The summed E-state index contributed by atoms with van der Waals surface area (Å²) in [7, 11) is 0. The molecule has 1 aromatic rings. The summed E-state index contributed by atoms with van der Waals surface area (Å²) in [5, 5.41) is 3.54. The van der Waals surface area contributed by atoms with Crippen LogP contribution >= 0.6 is 0 Å². The van der Waals surface area contributed by atoms with E-state index in [4.69, 9.17) is 0 Å². The number of para-hydroxylation sites is 1. The van der Waals surface area contributed by atoms with E-state index < -0.39 is 0 Å². The van der Waals surface area contributed by atoms with Crippen LogP contribution in [0.2, 0.25) is 0 Å². The van der Waals surface area contributed by atoms with Crippen LogP contribution in [0.5, 0.6) is 0 Å². The Hall–Kier alpha value is -1.02. The van der Waals surface area contributed by atoms with Crippen molar-refractivity contribution in [3.8, 4) is 0 Å². The van der Waals surface area contributed by atoms with E-state index >= 15 is 0 Å². The normalized spacial score (nSPS) is 21.4. The zero-order chi connectivity index (χ0) is 14.6. The van der Waals surface area contributed by atoms with Gasteiger partial charge in [0, 0.05) is 25.3 Å². The highest BCUT2D eigenvalue weighted by atomic mass is 15.2. The number of fused-ring (bicyclic) bond motifs is 1. The van der Waals surface area contributed by atoms with Crippen LogP contribution in [0, 0.1) is 11.3 Å². The molecule has 0 bridgehead atoms. The van der Waals surface area contributed by atoms with Crippen LogP contribution in [0.4, 0.5) is 5.69 Å². The molecule has 0 aromatic heterocycles. The van der Waals surface area contributed by atoms with Crippen LogP contribution in [0.1, 0.15) is 39.7 Å².